The first-order valence-corrected chi connectivity index (χ1v) is 6.21. The molecule has 6 nitrogen and oxygen atoms in total. The number of hydrogen-bond donors (Lipinski definition) is 4. The second-order valence-electron chi connectivity index (χ2n) is 4.58. The average molecular weight is 275 g/mol. The van der Waals surface area contributed by atoms with Gasteiger partial charge in [0.15, 0.2) is 11.5 Å². The van der Waals surface area contributed by atoms with Crippen LogP contribution in [-0.4, -0.2) is 31.8 Å². The highest BCUT2D eigenvalue weighted by molar-refractivity contribution is 5.45. The lowest BCUT2D eigenvalue weighted by Crippen LogP contribution is -2.14. The number of phenolic OH excluding ortho intramolecular Hbond substituents is 2. The molecule has 1 unspecified atom stereocenters. The van der Waals surface area contributed by atoms with Crippen LogP contribution in [-0.2, 0) is 0 Å². The molecular formula is C14H17N3O3. The van der Waals surface area contributed by atoms with Crippen molar-refractivity contribution in [3.8, 4) is 11.5 Å². The molecule has 0 saturated carbocycles. The van der Waals surface area contributed by atoms with Crippen molar-refractivity contribution < 1.29 is 15.3 Å². The molecule has 0 fully saturated rings. The van der Waals surface area contributed by atoms with Gasteiger partial charge in [-0.3, -0.25) is 0 Å². The van der Waals surface area contributed by atoms with Crippen LogP contribution in [0.5, 0.6) is 11.5 Å². The van der Waals surface area contributed by atoms with Gasteiger partial charge in [-0.2, -0.15) is 0 Å². The highest BCUT2D eigenvalue weighted by Crippen LogP contribution is 2.28. The van der Waals surface area contributed by atoms with Crippen LogP contribution in [0.25, 0.3) is 0 Å². The third kappa shape index (κ3) is 2.97. The Morgan fingerprint density at radius 3 is 2.60 bits per heavy atom. The first kappa shape index (κ1) is 14.1. The molecule has 1 heterocycles. The molecule has 2 rings (SSSR count). The highest BCUT2D eigenvalue weighted by Gasteiger charge is 2.11. The van der Waals surface area contributed by atoms with E-state index in [1.165, 1.54) is 18.5 Å². The molecule has 0 aliphatic rings. The maximum atomic E-state index is 10.1. The van der Waals surface area contributed by atoms with Crippen LogP contribution >= 0.6 is 0 Å². The van der Waals surface area contributed by atoms with E-state index in [4.69, 9.17) is 0 Å². The lowest BCUT2D eigenvalue weighted by molar-refractivity contribution is 0.191. The monoisotopic (exact) mass is 275 g/mol. The van der Waals surface area contributed by atoms with Gasteiger partial charge in [0, 0.05) is 17.8 Å². The number of nitrogens with zero attached hydrogens (tertiary/aromatic N) is 2. The molecule has 1 aromatic carbocycles. The topological polar surface area (TPSA) is 98.5 Å². The summed E-state index contributed by atoms with van der Waals surface area (Å²) in [4.78, 5) is 8.19. The van der Waals surface area contributed by atoms with Crippen molar-refractivity contribution in [3.63, 3.8) is 0 Å². The molecule has 0 amide bonds. The standard InChI is InChI=1S/C14H17N3O3/c1-8-9(2)16-7-17-14(8)15-6-13(20)10-3-4-11(18)12(19)5-10/h3-5,7,13,18-20H,6H2,1-2H3,(H,15,16,17). The Bertz CT molecular complexity index is 617. The van der Waals surface area contributed by atoms with Crippen molar-refractivity contribution in [1.29, 1.82) is 0 Å². The number of aromatic hydroxyl groups is 2. The van der Waals surface area contributed by atoms with Crippen molar-refractivity contribution in [1.82, 2.24) is 9.97 Å². The fourth-order valence-corrected chi connectivity index (χ4v) is 1.78. The van der Waals surface area contributed by atoms with Crippen molar-refractivity contribution in [2.75, 3.05) is 11.9 Å². The maximum absolute atomic E-state index is 10.1. The fourth-order valence-electron chi connectivity index (χ4n) is 1.78. The smallest absolute Gasteiger partial charge is 0.157 e. The summed E-state index contributed by atoms with van der Waals surface area (Å²) in [6.07, 6.45) is 0.639. The number of hydrogen-bond acceptors (Lipinski definition) is 6. The molecule has 0 aliphatic carbocycles. The van der Waals surface area contributed by atoms with Crippen LogP contribution in [0.4, 0.5) is 5.82 Å². The molecule has 106 valence electrons. The fraction of sp³-hybridized carbons (Fsp3) is 0.286. The summed E-state index contributed by atoms with van der Waals surface area (Å²) >= 11 is 0. The number of aryl methyl sites for hydroxylation is 1. The van der Waals surface area contributed by atoms with Gasteiger partial charge >= 0.3 is 0 Å². The Morgan fingerprint density at radius 1 is 1.15 bits per heavy atom. The van der Waals surface area contributed by atoms with Gasteiger partial charge in [0.05, 0.1) is 6.10 Å². The van der Waals surface area contributed by atoms with Gasteiger partial charge in [-0.05, 0) is 31.5 Å². The Balaban J connectivity index is 2.06. The Labute approximate surface area is 116 Å². The van der Waals surface area contributed by atoms with E-state index in [2.05, 4.69) is 15.3 Å². The van der Waals surface area contributed by atoms with Crippen molar-refractivity contribution in [3.05, 3.63) is 41.3 Å². The van der Waals surface area contributed by atoms with Crippen LogP contribution < -0.4 is 5.32 Å². The summed E-state index contributed by atoms with van der Waals surface area (Å²) in [6.45, 7) is 4.02. The van der Waals surface area contributed by atoms with Crippen molar-refractivity contribution >= 4 is 5.82 Å². The number of anilines is 1. The number of nitrogens with one attached hydrogen (secondary N) is 1. The quantitative estimate of drug-likeness (QED) is 0.633. The van der Waals surface area contributed by atoms with Crippen LogP contribution in [0, 0.1) is 13.8 Å². The number of aliphatic hydroxyl groups is 1. The number of aromatic nitrogens is 2. The molecule has 2 aromatic rings. The van der Waals surface area contributed by atoms with Crippen LogP contribution in [0.3, 0.4) is 0 Å². The molecule has 1 atom stereocenters. The second kappa shape index (κ2) is 5.75. The third-order valence-corrected chi connectivity index (χ3v) is 3.18. The van der Waals surface area contributed by atoms with Crippen LogP contribution in [0.2, 0.25) is 0 Å². The maximum Gasteiger partial charge on any atom is 0.157 e. The van der Waals surface area contributed by atoms with Gasteiger partial charge in [0.25, 0.3) is 0 Å². The Hall–Kier alpha value is -2.34. The molecule has 20 heavy (non-hydrogen) atoms. The first-order valence-electron chi connectivity index (χ1n) is 6.21. The Morgan fingerprint density at radius 2 is 1.90 bits per heavy atom. The van der Waals surface area contributed by atoms with E-state index in [1.54, 1.807) is 6.07 Å². The normalized spacial score (nSPS) is 12.2. The number of rotatable bonds is 4. The van der Waals surface area contributed by atoms with Crippen LogP contribution in [0.1, 0.15) is 22.9 Å². The summed E-state index contributed by atoms with van der Waals surface area (Å²) in [6, 6.07) is 4.23. The van der Waals surface area contributed by atoms with E-state index in [0.29, 0.717) is 11.4 Å². The van der Waals surface area contributed by atoms with E-state index < -0.39 is 6.10 Å². The third-order valence-electron chi connectivity index (χ3n) is 3.18. The zero-order chi connectivity index (χ0) is 14.7. The minimum atomic E-state index is -0.823. The zero-order valence-corrected chi connectivity index (χ0v) is 11.3. The van der Waals surface area contributed by atoms with Crippen molar-refractivity contribution in [2.24, 2.45) is 0 Å². The largest absolute Gasteiger partial charge is 0.504 e. The number of phenols is 2. The lowest BCUT2D eigenvalue weighted by atomic mass is 10.1. The van der Waals surface area contributed by atoms with E-state index in [0.717, 1.165) is 11.3 Å². The minimum absolute atomic E-state index is 0.212. The highest BCUT2D eigenvalue weighted by atomic mass is 16.3. The predicted octanol–water partition coefficient (Wildman–Crippen LogP) is 1.65. The SMILES string of the molecule is Cc1ncnc(NCC(O)c2ccc(O)c(O)c2)c1C. The average Bonchev–Trinajstić information content (AvgIpc) is 2.43. The summed E-state index contributed by atoms with van der Waals surface area (Å²) in [5.74, 6) is 0.200. The summed E-state index contributed by atoms with van der Waals surface area (Å²) in [7, 11) is 0. The first-order chi connectivity index (χ1) is 9.49. The molecule has 4 N–H and O–H groups in total. The molecular weight excluding hydrogens is 258 g/mol. The summed E-state index contributed by atoms with van der Waals surface area (Å²) in [5.41, 5.74) is 2.31. The lowest BCUT2D eigenvalue weighted by Gasteiger charge is -2.15. The Kier molecular flexibility index (Phi) is 4.05. The molecule has 0 spiro atoms. The van der Waals surface area contributed by atoms with Gasteiger partial charge < -0.3 is 20.6 Å². The second-order valence-corrected chi connectivity index (χ2v) is 4.58. The molecule has 0 bridgehead atoms. The molecule has 1 aromatic heterocycles. The summed E-state index contributed by atoms with van der Waals surface area (Å²) < 4.78 is 0. The number of aliphatic hydroxyl groups excluding tert-OH is 1. The van der Waals surface area contributed by atoms with Gasteiger partial charge in [-0.1, -0.05) is 6.07 Å². The van der Waals surface area contributed by atoms with E-state index in [9.17, 15) is 15.3 Å². The van der Waals surface area contributed by atoms with Crippen LogP contribution in [0.15, 0.2) is 24.5 Å². The van der Waals surface area contributed by atoms with Gasteiger partial charge in [-0.15, -0.1) is 0 Å². The zero-order valence-electron chi connectivity index (χ0n) is 11.3. The summed E-state index contributed by atoms with van der Waals surface area (Å²) in [5, 5.41) is 31.7. The van der Waals surface area contributed by atoms with Gasteiger partial charge in [-0.25, -0.2) is 9.97 Å². The molecule has 0 aliphatic heterocycles. The van der Waals surface area contributed by atoms with E-state index in [1.807, 2.05) is 13.8 Å². The molecule has 0 saturated heterocycles. The van der Waals surface area contributed by atoms with E-state index in [-0.39, 0.29) is 18.0 Å². The predicted molar refractivity (Wildman–Crippen MR) is 74.7 cm³/mol. The van der Waals surface area contributed by atoms with Crippen molar-refractivity contribution in [2.45, 2.75) is 20.0 Å². The van der Waals surface area contributed by atoms with Gasteiger partial charge in [0.1, 0.15) is 12.1 Å². The molecule has 6 heteroatoms. The number of benzene rings is 1. The molecule has 0 radical (unpaired) electrons. The minimum Gasteiger partial charge on any atom is -0.504 e. The van der Waals surface area contributed by atoms with E-state index >= 15 is 0 Å². The van der Waals surface area contributed by atoms with Gasteiger partial charge in [0.2, 0.25) is 0 Å².